The number of hydrogen-bond donors (Lipinski definition) is 1. The quantitative estimate of drug-likeness (QED) is 0.841. The summed E-state index contributed by atoms with van der Waals surface area (Å²) in [7, 11) is 0. The van der Waals surface area contributed by atoms with Crippen molar-refractivity contribution < 1.29 is 9.53 Å². The van der Waals surface area contributed by atoms with Gasteiger partial charge in [-0.3, -0.25) is 4.68 Å². The summed E-state index contributed by atoms with van der Waals surface area (Å²) in [6, 6.07) is 0. The van der Waals surface area contributed by atoms with Crippen LogP contribution in [0.5, 0.6) is 0 Å². The van der Waals surface area contributed by atoms with E-state index >= 15 is 0 Å². The van der Waals surface area contributed by atoms with Crippen LogP contribution in [0.1, 0.15) is 50.7 Å². The Morgan fingerprint density at radius 1 is 1.32 bits per heavy atom. The molecule has 2 heterocycles. The molecule has 2 aromatic heterocycles. The maximum Gasteiger partial charge on any atom is 0.333 e. The van der Waals surface area contributed by atoms with E-state index in [0.29, 0.717) is 6.61 Å². The molecule has 0 saturated carbocycles. The van der Waals surface area contributed by atoms with Crippen LogP contribution < -0.4 is 5.32 Å². The lowest BCUT2D eigenvalue weighted by Gasteiger charge is -2.22. The number of anilines is 2. The molecule has 0 amide bonds. The zero-order chi connectivity index (χ0) is 18.0. The van der Waals surface area contributed by atoms with Crippen LogP contribution in [-0.2, 0) is 27.9 Å². The predicted molar refractivity (Wildman–Crippen MR) is 94.9 cm³/mol. The Morgan fingerprint density at radius 2 is 2.08 bits per heavy atom. The zero-order valence-corrected chi connectivity index (χ0v) is 15.3. The van der Waals surface area contributed by atoms with Crippen molar-refractivity contribution in [3.8, 4) is 0 Å². The number of esters is 1. The minimum absolute atomic E-state index is 0.306. The highest BCUT2D eigenvalue weighted by molar-refractivity contribution is 5.78. The number of ether oxygens (including phenoxy) is 1. The van der Waals surface area contributed by atoms with E-state index < -0.39 is 5.54 Å². The van der Waals surface area contributed by atoms with Crippen molar-refractivity contribution in [3.05, 3.63) is 29.5 Å². The number of aromatic nitrogens is 4. The highest BCUT2D eigenvalue weighted by Crippen LogP contribution is 2.28. The molecule has 7 heteroatoms. The number of rotatable bonds is 5. The largest absolute Gasteiger partial charge is 0.464 e. The molecule has 3 rings (SSSR count). The minimum Gasteiger partial charge on any atom is -0.464 e. The Hall–Kier alpha value is -2.44. The molecule has 134 valence electrons. The van der Waals surface area contributed by atoms with Crippen LogP contribution in [0.4, 0.5) is 11.5 Å². The first-order valence-corrected chi connectivity index (χ1v) is 8.77. The van der Waals surface area contributed by atoms with Crippen LogP contribution in [0, 0.1) is 6.92 Å². The first kappa shape index (κ1) is 17.4. The standard InChI is InChI=1S/C18H25N5O2/c1-5-25-17(24)18(3,4)23-11-13(10-19-23)22-16-14-8-6-7-9-15(14)20-12(2)21-16/h10-11H,5-9H2,1-4H3,(H,20,21,22). The van der Waals surface area contributed by atoms with Gasteiger partial charge in [0.1, 0.15) is 11.6 Å². The lowest BCUT2D eigenvalue weighted by molar-refractivity contribution is -0.152. The van der Waals surface area contributed by atoms with Crippen molar-refractivity contribution in [1.29, 1.82) is 0 Å². The van der Waals surface area contributed by atoms with E-state index in [1.165, 1.54) is 12.0 Å². The molecule has 0 aromatic carbocycles. The maximum atomic E-state index is 12.1. The van der Waals surface area contributed by atoms with Crippen molar-refractivity contribution in [1.82, 2.24) is 19.7 Å². The van der Waals surface area contributed by atoms with Gasteiger partial charge in [0.15, 0.2) is 5.54 Å². The average Bonchev–Trinajstić information content (AvgIpc) is 3.04. The number of nitrogens with zero attached hydrogens (tertiary/aromatic N) is 4. The molecular weight excluding hydrogens is 318 g/mol. The molecule has 0 aliphatic heterocycles. The number of aryl methyl sites for hydroxylation is 2. The molecule has 0 spiro atoms. The number of hydrogen-bond acceptors (Lipinski definition) is 6. The van der Waals surface area contributed by atoms with Crippen LogP contribution in [0.3, 0.4) is 0 Å². The van der Waals surface area contributed by atoms with Gasteiger partial charge in [0, 0.05) is 17.5 Å². The van der Waals surface area contributed by atoms with E-state index in [1.807, 2.05) is 13.1 Å². The van der Waals surface area contributed by atoms with Crippen molar-refractivity contribution in [2.45, 2.75) is 58.9 Å². The lowest BCUT2D eigenvalue weighted by Crippen LogP contribution is -2.37. The molecular formula is C18H25N5O2. The van der Waals surface area contributed by atoms with Gasteiger partial charge in [-0.1, -0.05) is 0 Å². The Kier molecular flexibility index (Phi) is 4.74. The number of carbonyl (C=O) groups excluding carboxylic acids is 1. The molecule has 1 aliphatic carbocycles. The summed E-state index contributed by atoms with van der Waals surface area (Å²) in [5, 5.41) is 7.68. The third kappa shape index (κ3) is 3.50. The number of nitrogens with one attached hydrogen (secondary N) is 1. The van der Waals surface area contributed by atoms with E-state index in [2.05, 4.69) is 20.4 Å². The van der Waals surface area contributed by atoms with Crippen molar-refractivity contribution in [2.75, 3.05) is 11.9 Å². The fourth-order valence-electron chi connectivity index (χ4n) is 3.05. The van der Waals surface area contributed by atoms with Gasteiger partial charge in [0.2, 0.25) is 0 Å². The van der Waals surface area contributed by atoms with Gasteiger partial charge < -0.3 is 10.1 Å². The SMILES string of the molecule is CCOC(=O)C(C)(C)n1cc(Nc2nc(C)nc3c2CCCC3)cn1. The summed E-state index contributed by atoms with van der Waals surface area (Å²) in [6.07, 6.45) is 7.83. The van der Waals surface area contributed by atoms with Gasteiger partial charge in [-0.05, 0) is 53.4 Å². The fourth-order valence-corrected chi connectivity index (χ4v) is 3.05. The summed E-state index contributed by atoms with van der Waals surface area (Å²) in [5.74, 6) is 1.30. The van der Waals surface area contributed by atoms with Gasteiger partial charge in [-0.15, -0.1) is 0 Å². The summed E-state index contributed by atoms with van der Waals surface area (Å²) in [5.41, 5.74) is 2.26. The Bertz CT molecular complexity index is 782. The predicted octanol–water partition coefficient (Wildman–Crippen LogP) is 2.90. The Morgan fingerprint density at radius 3 is 2.84 bits per heavy atom. The molecule has 0 atom stereocenters. The monoisotopic (exact) mass is 343 g/mol. The fraction of sp³-hybridized carbons (Fsp3) is 0.556. The lowest BCUT2D eigenvalue weighted by atomic mass is 9.96. The van der Waals surface area contributed by atoms with Crippen LogP contribution in [0.2, 0.25) is 0 Å². The Labute approximate surface area is 147 Å². The van der Waals surface area contributed by atoms with E-state index in [1.54, 1.807) is 31.6 Å². The van der Waals surface area contributed by atoms with E-state index in [-0.39, 0.29) is 5.97 Å². The van der Waals surface area contributed by atoms with Gasteiger partial charge in [0.05, 0.1) is 18.5 Å². The third-order valence-corrected chi connectivity index (χ3v) is 4.49. The average molecular weight is 343 g/mol. The highest BCUT2D eigenvalue weighted by Gasteiger charge is 2.32. The van der Waals surface area contributed by atoms with Crippen LogP contribution in [-0.4, -0.2) is 32.3 Å². The van der Waals surface area contributed by atoms with Gasteiger partial charge >= 0.3 is 5.97 Å². The van der Waals surface area contributed by atoms with Crippen molar-refractivity contribution in [2.24, 2.45) is 0 Å². The number of fused-ring (bicyclic) bond motifs is 1. The molecule has 25 heavy (non-hydrogen) atoms. The van der Waals surface area contributed by atoms with Crippen molar-refractivity contribution >= 4 is 17.5 Å². The first-order valence-electron chi connectivity index (χ1n) is 8.77. The number of carbonyl (C=O) groups is 1. The van der Waals surface area contributed by atoms with Crippen LogP contribution in [0.25, 0.3) is 0 Å². The second kappa shape index (κ2) is 6.82. The normalized spacial score (nSPS) is 14.1. The summed E-state index contributed by atoms with van der Waals surface area (Å²) < 4.78 is 6.76. The van der Waals surface area contributed by atoms with Crippen LogP contribution >= 0.6 is 0 Å². The smallest absolute Gasteiger partial charge is 0.333 e. The van der Waals surface area contributed by atoms with Gasteiger partial charge in [-0.2, -0.15) is 5.10 Å². The highest BCUT2D eigenvalue weighted by atomic mass is 16.5. The first-order chi connectivity index (χ1) is 11.9. The summed E-state index contributed by atoms with van der Waals surface area (Å²) >= 11 is 0. The molecule has 0 bridgehead atoms. The maximum absolute atomic E-state index is 12.1. The topological polar surface area (TPSA) is 81.9 Å². The van der Waals surface area contributed by atoms with Crippen molar-refractivity contribution in [3.63, 3.8) is 0 Å². The third-order valence-electron chi connectivity index (χ3n) is 4.49. The van der Waals surface area contributed by atoms with Gasteiger partial charge in [0.25, 0.3) is 0 Å². The van der Waals surface area contributed by atoms with E-state index in [0.717, 1.165) is 42.3 Å². The summed E-state index contributed by atoms with van der Waals surface area (Å²) in [6.45, 7) is 7.63. The Balaban J connectivity index is 1.85. The summed E-state index contributed by atoms with van der Waals surface area (Å²) in [4.78, 5) is 21.3. The molecule has 0 unspecified atom stereocenters. The van der Waals surface area contributed by atoms with E-state index in [9.17, 15) is 4.79 Å². The van der Waals surface area contributed by atoms with Gasteiger partial charge in [-0.25, -0.2) is 14.8 Å². The van der Waals surface area contributed by atoms with E-state index in [4.69, 9.17) is 4.74 Å². The molecule has 1 N–H and O–H groups in total. The molecule has 0 fully saturated rings. The minimum atomic E-state index is -0.864. The zero-order valence-electron chi connectivity index (χ0n) is 15.3. The molecule has 2 aromatic rings. The molecule has 0 radical (unpaired) electrons. The van der Waals surface area contributed by atoms with Crippen LogP contribution in [0.15, 0.2) is 12.4 Å². The molecule has 1 aliphatic rings. The second-order valence-electron chi connectivity index (χ2n) is 6.83. The molecule has 0 saturated heterocycles. The second-order valence-corrected chi connectivity index (χ2v) is 6.83. The molecule has 7 nitrogen and oxygen atoms in total.